The molecule has 0 saturated heterocycles. The first kappa shape index (κ1) is 29.9. The number of hydrogen-bond acceptors (Lipinski definition) is 6. The lowest BCUT2D eigenvalue weighted by molar-refractivity contribution is -0.684. The van der Waals surface area contributed by atoms with Gasteiger partial charge in [0.15, 0.2) is 5.71 Å². The number of hydrogen-bond donors (Lipinski definition) is 1. The minimum atomic E-state index is -4.00. The molecule has 3 heterocycles. The number of Topliss-reactive ketones (excluding diaryl/α,β-unsaturated/α-hetero) is 1. The average molecular weight is 544 g/mol. The Labute approximate surface area is 228 Å². The summed E-state index contributed by atoms with van der Waals surface area (Å²) in [5.41, 5.74) is 3.57. The Morgan fingerprint density at radius 1 is 1.13 bits per heavy atom. The van der Waals surface area contributed by atoms with E-state index in [2.05, 4.69) is 55.7 Å². The SMILES string of the molecule is CCC(=O)CCCCC[n+]1cccc2c1N=C(/C=C/C=C1/N(CCCS(=O)(=O)O)N=C(C)C1(C)C)C2(C)C. The molecule has 0 bridgehead atoms. The number of aromatic nitrogens is 1. The number of allylic oxidation sites excluding steroid dienone is 4. The predicted molar refractivity (Wildman–Crippen MR) is 152 cm³/mol. The molecule has 1 aromatic rings. The van der Waals surface area contributed by atoms with Gasteiger partial charge in [0.1, 0.15) is 5.78 Å². The number of hydrazone groups is 1. The molecular formula is C29H43N4O4S+. The van der Waals surface area contributed by atoms with Crippen LogP contribution in [-0.4, -0.2) is 47.5 Å². The zero-order valence-corrected chi connectivity index (χ0v) is 24.5. The van der Waals surface area contributed by atoms with E-state index in [0.29, 0.717) is 25.2 Å². The van der Waals surface area contributed by atoms with Crippen LogP contribution < -0.4 is 4.57 Å². The number of carbonyl (C=O) groups excluding carboxylic acids is 1. The molecule has 3 rings (SSSR count). The fraction of sp³-hybridized carbons (Fsp3) is 0.586. The van der Waals surface area contributed by atoms with Crippen LogP contribution in [0.15, 0.2) is 52.3 Å². The maximum Gasteiger partial charge on any atom is 0.327 e. The molecule has 9 heteroatoms. The molecule has 0 fully saturated rings. The Kier molecular flexibility index (Phi) is 9.47. The van der Waals surface area contributed by atoms with Gasteiger partial charge < -0.3 is 0 Å². The topological polar surface area (TPSA) is 103 Å². The summed E-state index contributed by atoms with van der Waals surface area (Å²) in [4.78, 5) is 16.6. The van der Waals surface area contributed by atoms with E-state index in [1.807, 2.05) is 37.1 Å². The molecule has 0 atom stereocenters. The highest BCUT2D eigenvalue weighted by Gasteiger charge is 2.42. The molecule has 2 aliphatic heterocycles. The van der Waals surface area contributed by atoms with E-state index in [1.165, 1.54) is 5.56 Å². The molecule has 208 valence electrons. The first-order valence-corrected chi connectivity index (χ1v) is 15.2. The van der Waals surface area contributed by atoms with Gasteiger partial charge in [-0.25, -0.2) is 4.57 Å². The van der Waals surface area contributed by atoms with Crippen molar-refractivity contribution in [3.63, 3.8) is 0 Å². The molecule has 38 heavy (non-hydrogen) atoms. The number of nitrogens with zero attached hydrogens (tertiary/aromatic N) is 4. The maximum absolute atomic E-state index is 11.6. The van der Waals surface area contributed by atoms with Crippen LogP contribution in [0, 0.1) is 5.41 Å². The first-order valence-electron chi connectivity index (χ1n) is 13.6. The van der Waals surface area contributed by atoms with Crippen molar-refractivity contribution in [3.8, 4) is 0 Å². The number of aryl methyl sites for hydroxylation is 1. The van der Waals surface area contributed by atoms with Crippen molar-refractivity contribution < 1.29 is 22.3 Å². The Balaban J connectivity index is 1.74. The molecule has 0 aromatic carbocycles. The Morgan fingerprint density at radius 2 is 1.87 bits per heavy atom. The van der Waals surface area contributed by atoms with Crippen LogP contribution in [0.3, 0.4) is 0 Å². The lowest BCUT2D eigenvalue weighted by Gasteiger charge is -2.25. The van der Waals surface area contributed by atoms with Crippen LogP contribution in [0.5, 0.6) is 0 Å². The minimum absolute atomic E-state index is 0.242. The Hall–Kier alpha value is -2.65. The number of rotatable bonds is 13. The van der Waals surface area contributed by atoms with Crippen molar-refractivity contribution in [2.45, 2.75) is 92.0 Å². The first-order chi connectivity index (χ1) is 17.8. The molecule has 2 aliphatic rings. The van der Waals surface area contributed by atoms with E-state index in [1.54, 1.807) is 0 Å². The Bertz CT molecular complexity index is 1270. The van der Waals surface area contributed by atoms with Crippen LogP contribution in [-0.2, 0) is 26.9 Å². The maximum atomic E-state index is 11.6. The standard InChI is InChI=1S/C29H42N4O4S/c1-7-23(34)14-9-8-10-18-32-19-12-15-24-27(32)30-25(29(24,5)6)16-11-17-26-28(3,4)22(2)31-33(26)20-13-21-38(35,36)37/h11-12,15-17,19H,7-10,13-14,18,20-21H2,1-6H3/p+1. The second kappa shape index (κ2) is 12.0. The molecule has 0 saturated carbocycles. The fourth-order valence-electron chi connectivity index (χ4n) is 4.89. The second-order valence-electron chi connectivity index (χ2n) is 11.2. The van der Waals surface area contributed by atoms with Crippen molar-refractivity contribution in [1.82, 2.24) is 5.01 Å². The van der Waals surface area contributed by atoms with E-state index < -0.39 is 10.1 Å². The van der Waals surface area contributed by atoms with Crippen LogP contribution >= 0.6 is 0 Å². The number of pyridine rings is 1. The van der Waals surface area contributed by atoms with E-state index in [-0.39, 0.29) is 23.0 Å². The van der Waals surface area contributed by atoms with Gasteiger partial charge >= 0.3 is 5.82 Å². The van der Waals surface area contributed by atoms with Gasteiger partial charge in [-0.15, -0.1) is 0 Å². The summed E-state index contributed by atoms with van der Waals surface area (Å²) in [5, 5.41) is 6.48. The molecule has 0 spiro atoms. The zero-order valence-electron chi connectivity index (χ0n) is 23.7. The number of aliphatic imine (C=N–C) groups is 1. The van der Waals surface area contributed by atoms with Gasteiger partial charge in [0.05, 0.1) is 29.5 Å². The van der Waals surface area contributed by atoms with Gasteiger partial charge in [-0.05, 0) is 89.6 Å². The lowest BCUT2D eigenvalue weighted by atomic mass is 9.82. The Morgan fingerprint density at radius 3 is 2.55 bits per heavy atom. The van der Waals surface area contributed by atoms with Gasteiger partial charge in [-0.2, -0.15) is 13.5 Å². The van der Waals surface area contributed by atoms with Gasteiger partial charge in [0, 0.05) is 36.2 Å². The summed E-state index contributed by atoms with van der Waals surface area (Å²) < 4.78 is 33.6. The fourth-order valence-corrected chi connectivity index (χ4v) is 5.38. The molecule has 0 amide bonds. The van der Waals surface area contributed by atoms with E-state index >= 15 is 0 Å². The average Bonchev–Trinajstić information content (AvgIpc) is 3.21. The van der Waals surface area contributed by atoms with Crippen LogP contribution in [0.1, 0.15) is 85.6 Å². The van der Waals surface area contributed by atoms with Crippen LogP contribution in [0.2, 0.25) is 0 Å². The molecule has 0 unspecified atom stereocenters. The number of fused-ring (bicyclic) bond motifs is 1. The van der Waals surface area contributed by atoms with Crippen molar-refractivity contribution in [3.05, 3.63) is 47.8 Å². The molecule has 0 radical (unpaired) electrons. The van der Waals surface area contributed by atoms with Crippen molar-refractivity contribution >= 4 is 33.1 Å². The summed E-state index contributed by atoms with van der Waals surface area (Å²) in [6.07, 6.45) is 12.7. The number of ketones is 1. The molecule has 1 aromatic heterocycles. The summed E-state index contributed by atoms with van der Waals surface area (Å²) in [7, 11) is -4.00. The van der Waals surface area contributed by atoms with Crippen molar-refractivity contribution in [2.75, 3.05) is 12.3 Å². The van der Waals surface area contributed by atoms with Crippen LogP contribution in [0.4, 0.5) is 5.82 Å². The summed E-state index contributed by atoms with van der Waals surface area (Å²) >= 11 is 0. The zero-order chi connectivity index (χ0) is 28.1. The third-order valence-electron chi connectivity index (χ3n) is 7.70. The van der Waals surface area contributed by atoms with Gasteiger partial charge in [-0.3, -0.25) is 14.4 Å². The molecule has 8 nitrogen and oxygen atoms in total. The quantitative estimate of drug-likeness (QED) is 0.206. The van der Waals surface area contributed by atoms with Gasteiger partial charge in [0.2, 0.25) is 0 Å². The van der Waals surface area contributed by atoms with E-state index in [9.17, 15) is 13.2 Å². The highest BCUT2D eigenvalue weighted by atomic mass is 32.2. The lowest BCUT2D eigenvalue weighted by Crippen LogP contribution is -2.34. The number of unbranched alkanes of at least 4 members (excludes halogenated alkanes) is 2. The van der Waals surface area contributed by atoms with E-state index in [0.717, 1.165) is 48.7 Å². The molecule has 1 N–H and O–H groups in total. The minimum Gasteiger partial charge on any atom is -0.300 e. The van der Waals surface area contributed by atoms with Crippen LogP contribution in [0.25, 0.3) is 0 Å². The monoisotopic (exact) mass is 543 g/mol. The normalized spacial score (nSPS) is 19.2. The second-order valence-corrected chi connectivity index (χ2v) is 12.8. The van der Waals surface area contributed by atoms with Crippen molar-refractivity contribution in [2.24, 2.45) is 15.5 Å². The third-order valence-corrected chi connectivity index (χ3v) is 8.51. The highest BCUT2D eigenvalue weighted by Crippen LogP contribution is 2.39. The van der Waals surface area contributed by atoms with Crippen molar-refractivity contribution in [1.29, 1.82) is 0 Å². The predicted octanol–water partition coefficient (Wildman–Crippen LogP) is 5.31. The summed E-state index contributed by atoms with van der Waals surface area (Å²) in [6, 6.07) is 4.22. The summed E-state index contributed by atoms with van der Waals surface area (Å²) in [5.74, 6) is 1.03. The largest absolute Gasteiger partial charge is 0.327 e. The van der Waals surface area contributed by atoms with E-state index in [4.69, 9.17) is 9.55 Å². The molecular weight excluding hydrogens is 500 g/mol. The third kappa shape index (κ3) is 7.05. The smallest absolute Gasteiger partial charge is 0.300 e. The van der Waals surface area contributed by atoms with Gasteiger partial charge in [0.25, 0.3) is 10.1 Å². The highest BCUT2D eigenvalue weighted by molar-refractivity contribution is 7.85. The summed E-state index contributed by atoms with van der Waals surface area (Å²) in [6.45, 7) is 13.7. The molecule has 0 aliphatic carbocycles. The number of carbonyl (C=O) groups is 1. The van der Waals surface area contributed by atoms with Gasteiger partial charge in [-0.1, -0.05) is 13.0 Å².